The maximum absolute atomic E-state index is 6.13. The molecule has 2 rings (SSSR count). The molecule has 106 valence electrons. The highest BCUT2D eigenvalue weighted by Gasteiger charge is 2.21. The van der Waals surface area contributed by atoms with Gasteiger partial charge in [0.2, 0.25) is 0 Å². The van der Waals surface area contributed by atoms with E-state index in [4.69, 9.17) is 15.2 Å². The fourth-order valence-corrected chi connectivity index (χ4v) is 2.65. The zero-order valence-corrected chi connectivity index (χ0v) is 12.2. The Hall–Kier alpha value is -1.38. The number of anilines is 1. The van der Waals surface area contributed by atoms with Crippen molar-refractivity contribution < 1.29 is 9.47 Å². The highest BCUT2D eigenvalue weighted by atomic mass is 16.5. The molecule has 0 bridgehead atoms. The second-order valence-electron chi connectivity index (χ2n) is 5.85. The van der Waals surface area contributed by atoms with Crippen LogP contribution in [0.1, 0.15) is 46.5 Å². The predicted octanol–water partition coefficient (Wildman–Crippen LogP) is 4.01. The highest BCUT2D eigenvalue weighted by molar-refractivity contribution is 5.62. The van der Waals surface area contributed by atoms with Gasteiger partial charge >= 0.3 is 0 Å². The summed E-state index contributed by atoms with van der Waals surface area (Å²) in [4.78, 5) is 0. The maximum Gasteiger partial charge on any atom is 0.146 e. The van der Waals surface area contributed by atoms with Crippen molar-refractivity contribution in [2.75, 3.05) is 5.73 Å². The van der Waals surface area contributed by atoms with Gasteiger partial charge in [-0.1, -0.05) is 19.4 Å². The molecule has 1 aromatic carbocycles. The van der Waals surface area contributed by atoms with Crippen molar-refractivity contribution >= 4 is 5.69 Å². The largest absolute Gasteiger partial charge is 0.489 e. The first kappa shape index (κ1) is 14.0. The molecule has 2 atom stereocenters. The van der Waals surface area contributed by atoms with Crippen LogP contribution in [0.25, 0.3) is 0 Å². The van der Waals surface area contributed by atoms with Crippen molar-refractivity contribution in [3.63, 3.8) is 0 Å². The summed E-state index contributed by atoms with van der Waals surface area (Å²) in [6, 6.07) is 5.77. The first-order valence-corrected chi connectivity index (χ1v) is 7.28. The van der Waals surface area contributed by atoms with Crippen LogP contribution in [-0.2, 0) is 0 Å². The first-order chi connectivity index (χ1) is 9.06. The summed E-state index contributed by atoms with van der Waals surface area (Å²) < 4.78 is 11.8. The van der Waals surface area contributed by atoms with Gasteiger partial charge < -0.3 is 15.2 Å². The molecule has 19 heavy (non-hydrogen) atoms. The highest BCUT2D eigenvalue weighted by Crippen LogP contribution is 2.35. The summed E-state index contributed by atoms with van der Waals surface area (Å²) in [5, 5.41) is 0. The second kappa shape index (κ2) is 6.18. The number of hydrogen-bond acceptors (Lipinski definition) is 3. The SMILES string of the molecule is CC1CCCC(Oc2cccc(OC(C)C)c2N)C1. The van der Waals surface area contributed by atoms with Gasteiger partial charge in [-0.3, -0.25) is 0 Å². The van der Waals surface area contributed by atoms with E-state index < -0.39 is 0 Å². The Bertz CT molecular complexity index is 417. The molecule has 1 saturated carbocycles. The molecule has 0 aromatic heterocycles. The van der Waals surface area contributed by atoms with Crippen molar-refractivity contribution in [1.29, 1.82) is 0 Å². The Morgan fingerprint density at radius 3 is 2.63 bits per heavy atom. The summed E-state index contributed by atoms with van der Waals surface area (Å²) >= 11 is 0. The van der Waals surface area contributed by atoms with E-state index in [-0.39, 0.29) is 6.10 Å². The number of nitrogens with two attached hydrogens (primary N) is 1. The molecule has 1 fully saturated rings. The van der Waals surface area contributed by atoms with Gasteiger partial charge in [0.1, 0.15) is 17.2 Å². The van der Waals surface area contributed by atoms with Gasteiger partial charge in [0.25, 0.3) is 0 Å². The summed E-state index contributed by atoms with van der Waals surface area (Å²) in [6.45, 7) is 6.28. The van der Waals surface area contributed by atoms with Crippen molar-refractivity contribution in [3.8, 4) is 11.5 Å². The lowest BCUT2D eigenvalue weighted by molar-refractivity contribution is 0.129. The van der Waals surface area contributed by atoms with E-state index in [2.05, 4.69) is 6.92 Å². The average Bonchev–Trinajstić information content (AvgIpc) is 2.34. The number of rotatable bonds is 4. The maximum atomic E-state index is 6.13. The molecule has 0 spiro atoms. The van der Waals surface area contributed by atoms with E-state index >= 15 is 0 Å². The van der Waals surface area contributed by atoms with Crippen LogP contribution in [0.2, 0.25) is 0 Å². The molecule has 1 aromatic rings. The third-order valence-corrected chi connectivity index (χ3v) is 3.57. The Labute approximate surface area is 116 Å². The molecule has 0 aliphatic heterocycles. The van der Waals surface area contributed by atoms with Crippen LogP contribution >= 0.6 is 0 Å². The van der Waals surface area contributed by atoms with E-state index in [0.717, 1.165) is 30.3 Å². The van der Waals surface area contributed by atoms with Gasteiger partial charge in [0.15, 0.2) is 0 Å². The molecule has 2 unspecified atom stereocenters. The quantitative estimate of drug-likeness (QED) is 0.835. The standard InChI is InChI=1S/C16H25NO2/c1-11(2)18-14-8-5-9-15(16(14)17)19-13-7-4-6-12(3)10-13/h5,8-9,11-13H,4,6-7,10,17H2,1-3H3. The van der Waals surface area contributed by atoms with Crippen LogP contribution in [0.15, 0.2) is 18.2 Å². The van der Waals surface area contributed by atoms with Crippen LogP contribution in [0, 0.1) is 5.92 Å². The van der Waals surface area contributed by atoms with E-state index in [1.54, 1.807) is 0 Å². The first-order valence-electron chi connectivity index (χ1n) is 7.28. The minimum atomic E-state index is 0.118. The fourth-order valence-electron chi connectivity index (χ4n) is 2.65. The minimum absolute atomic E-state index is 0.118. The molecule has 0 heterocycles. The Morgan fingerprint density at radius 1 is 1.21 bits per heavy atom. The molecule has 0 amide bonds. The van der Waals surface area contributed by atoms with Crippen LogP contribution in [0.5, 0.6) is 11.5 Å². The van der Waals surface area contributed by atoms with Crippen molar-refractivity contribution in [2.45, 2.75) is 58.7 Å². The lowest BCUT2D eigenvalue weighted by atomic mass is 9.89. The van der Waals surface area contributed by atoms with Crippen molar-refractivity contribution in [1.82, 2.24) is 0 Å². The normalized spacial score (nSPS) is 23.4. The number of para-hydroxylation sites is 1. The molecule has 2 N–H and O–H groups in total. The molecular weight excluding hydrogens is 238 g/mol. The number of nitrogen functional groups attached to an aromatic ring is 1. The lowest BCUT2D eigenvalue weighted by Crippen LogP contribution is -2.24. The Morgan fingerprint density at radius 2 is 1.95 bits per heavy atom. The van der Waals surface area contributed by atoms with Gasteiger partial charge in [-0.2, -0.15) is 0 Å². The average molecular weight is 263 g/mol. The Kier molecular flexibility index (Phi) is 4.56. The van der Waals surface area contributed by atoms with E-state index in [0.29, 0.717) is 11.8 Å². The molecule has 1 aliphatic carbocycles. The monoisotopic (exact) mass is 263 g/mol. The van der Waals surface area contributed by atoms with Gasteiger partial charge in [-0.25, -0.2) is 0 Å². The zero-order valence-electron chi connectivity index (χ0n) is 12.2. The van der Waals surface area contributed by atoms with Crippen molar-refractivity contribution in [3.05, 3.63) is 18.2 Å². The minimum Gasteiger partial charge on any atom is -0.489 e. The van der Waals surface area contributed by atoms with Gasteiger partial charge in [-0.15, -0.1) is 0 Å². The van der Waals surface area contributed by atoms with Crippen LogP contribution in [-0.4, -0.2) is 12.2 Å². The smallest absolute Gasteiger partial charge is 0.146 e. The zero-order chi connectivity index (χ0) is 13.8. The number of benzene rings is 1. The molecule has 3 nitrogen and oxygen atoms in total. The molecular formula is C16H25NO2. The summed E-state index contributed by atoms with van der Waals surface area (Å²) in [6.07, 6.45) is 5.21. The summed E-state index contributed by atoms with van der Waals surface area (Å²) in [5.74, 6) is 2.23. The van der Waals surface area contributed by atoms with Crippen LogP contribution in [0.4, 0.5) is 5.69 Å². The third-order valence-electron chi connectivity index (χ3n) is 3.57. The fraction of sp³-hybridized carbons (Fsp3) is 0.625. The lowest BCUT2D eigenvalue weighted by Gasteiger charge is -2.28. The van der Waals surface area contributed by atoms with Gasteiger partial charge in [0, 0.05) is 0 Å². The molecule has 0 radical (unpaired) electrons. The summed E-state index contributed by atoms with van der Waals surface area (Å²) in [7, 11) is 0. The van der Waals surface area contributed by atoms with Crippen LogP contribution in [0.3, 0.4) is 0 Å². The number of hydrogen-bond donors (Lipinski definition) is 1. The second-order valence-corrected chi connectivity index (χ2v) is 5.85. The van der Waals surface area contributed by atoms with E-state index in [9.17, 15) is 0 Å². The molecule has 3 heteroatoms. The summed E-state index contributed by atoms with van der Waals surface area (Å²) in [5.41, 5.74) is 6.75. The third kappa shape index (κ3) is 3.79. The van der Waals surface area contributed by atoms with E-state index in [1.165, 1.54) is 12.8 Å². The predicted molar refractivity (Wildman–Crippen MR) is 78.7 cm³/mol. The van der Waals surface area contributed by atoms with Gasteiger partial charge in [-0.05, 0) is 51.2 Å². The number of ether oxygens (including phenoxy) is 2. The van der Waals surface area contributed by atoms with Gasteiger partial charge in [0.05, 0.1) is 12.2 Å². The van der Waals surface area contributed by atoms with E-state index in [1.807, 2.05) is 32.0 Å². The van der Waals surface area contributed by atoms with Crippen LogP contribution < -0.4 is 15.2 Å². The Balaban J connectivity index is 2.07. The van der Waals surface area contributed by atoms with Crippen molar-refractivity contribution in [2.24, 2.45) is 5.92 Å². The topological polar surface area (TPSA) is 44.5 Å². The molecule has 0 saturated heterocycles. The molecule has 1 aliphatic rings.